The molecule has 0 aromatic heterocycles. The molecule has 6 nitrogen and oxygen atoms in total. The third kappa shape index (κ3) is 3.36. The lowest BCUT2D eigenvalue weighted by Gasteiger charge is -2.35. The molecule has 0 bridgehead atoms. The number of likely N-dealkylation sites (tertiary alicyclic amines) is 1. The molecule has 0 unspecified atom stereocenters. The topological polar surface area (TPSA) is 66.7 Å². The maximum Gasteiger partial charge on any atom is 0.282 e. The highest BCUT2D eigenvalue weighted by molar-refractivity contribution is 5.98. The summed E-state index contributed by atoms with van der Waals surface area (Å²) < 4.78 is 13.3. The van der Waals surface area contributed by atoms with Gasteiger partial charge in [0, 0.05) is 25.2 Å². The zero-order valence-electron chi connectivity index (χ0n) is 12.1. The minimum absolute atomic E-state index is 0.177. The Kier molecular flexibility index (Phi) is 4.52. The summed E-state index contributed by atoms with van der Waals surface area (Å²) >= 11 is 0. The van der Waals surface area contributed by atoms with E-state index in [-0.39, 0.29) is 11.3 Å². The number of carbonyl (C=O) groups excluding carboxylic acids is 1. The van der Waals surface area contributed by atoms with E-state index in [9.17, 15) is 19.3 Å². The van der Waals surface area contributed by atoms with Gasteiger partial charge in [-0.1, -0.05) is 0 Å². The maximum absolute atomic E-state index is 13.3. The lowest BCUT2D eigenvalue weighted by Crippen LogP contribution is -2.44. The van der Waals surface area contributed by atoms with Gasteiger partial charge in [0.1, 0.15) is 11.4 Å². The van der Waals surface area contributed by atoms with Crippen LogP contribution in [0.1, 0.15) is 23.2 Å². The van der Waals surface area contributed by atoms with Crippen molar-refractivity contribution in [1.29, 1.82) is 0 Å². The molecular formula is C14H18FN3O3. The second-order valence-corrected chi connectivity index (χ2v) is 5.41. The molecule has 114 valence electrons. The molecular weight excluding hydrogens is 277 g/mol. The number of piperidine rings is 1. The second kappa shape index (κ2) is 6.17. The van der Waals surface area contributed by atoms with Crippen molar-refractivity contribution < 1.29 is 14.1 Å². The fraction of sp³-hybridized carbons (Fsp3) is 0.500. The molecule has 0 saturated carbocycles. The summed E-state index contributed by atoms with van der Waals surface area (Å²) in [5.74, 6) is -1.12. The first-order chi connectivity index (χ1) is 9.90. The Balaban J connectivity index is 2.18. The molecule has 2 rings (SSSR count). The number of hydrogen-bond acceptors (Lipinski definition) is 4. The molecule has 1 heterocycles. The average Bonchev–Trinajstić information content (AvgIpc) is 2.46. The molecule has 0 atom stereocenters. The van der Waals surface area contributed by atoms with Crippen LogP contribution in [-0.2, 0) is 0 Å². The van der Waals surface area contributed by atoms with Crippen LogP contribution in [0.2, 0.25) is 0 Å². The third-order valence-electron chi connectivity index (χ3n) is 3.87. The first-order valence-electron chi connectivity index (χ1n) is 6.80. The number of rotatable bonds is 3. The number of nitro benzene ring substituents is 1. The summed E-state index contributed by atoms with van der Waals surface area (Å²) in [6, 6.07) is 3.37. The summed E-state index contributed by atoms with van der Waals surface area (Å²) in [5, 5.41) is 11.0. The van der Waals surface area contributed by atoms with Crippen LogP contribution in [0, 0.1) is 15.9 Å². The van der Waals surface area contributed by atoms with E-state index in [4.69, 9.17) is 0 Å². The quantitative estimate of drug-likeness (QED) is 0.631. The summed E-state index contributed by atoms with van der Waals surface area (Å²) in [4.78, 5) is 26.4. The van der Waals surface area contributed by atoms with Crippen LogP contribution in [0.15, 0.2) is 18.2 Å². The normalized spacial score (nSPS) is 16.3. The maximum atomic E-state index is 13.3. The minimum Gasteiger partial charge on any atom is -0.338 e. The molecule has 1 aliphatic heterocycles. The Labute approximate surface area is 122 Å². The van der Waals surface area contributed by atoms with E-state index in [0.717, 1.165) is 31.0 Å². The van der Waals surface area contributed by atoms with E-state index in [0.29, 0.717) is 19.1 Å². The molecule has 1 amide bonds. The molecule has 1 aliphatic rings. The SMILES string of the molecule is CN(C)C1CCN(C(=O)c2cc(F)ccc2[N+](=O)[O-])CC1. The monoisotopic (exact) mass is 295 g/mol. The van der Waals surface area contributed by atoms with Gasteiger partial charge >= 0.3 is 0 Å². The average molecular weight is 295 g/mol. The molecule has 1 fully saturated rings. The van der Waals surface area contributed by atoms with Crippen LogP contribution in [0.25, 0.3) is 0 Å². The first kappa shape index (κ1) is 15.4. The fourth-order valence-corrected chi connectivity index (χ4v) is 2.59. The summed E-state index contributed by atoms with van der Waals surface area (Å²) in [7, 11) is 3.97. The third-order valence-corrected chi connectivity index (χ3v) is 3.87. The van der Waals surface area contributed by atoms with E-state index in [1.165, 1.54) is 0 Å². The largest absolute Gasteiger partial charge is 0.338 e. The van der Waals surface area contributed by atoms with Gasteiger partial charge in [0.05, 0.1) is 4.92 Å². The van der Waals surface area contributed by atoms with Crippen LogP contribution >= 0.6 is 0 Å². The van der Waals surface area contributed by atoms with Crippen LogP contribution in [-0.4, -0.2) is 53.9 Å². The smallest absolute Gasteiger partial charge is 0.282 e. The first-order valence-corrected chi connectivity index (χ1v) is 6.80. The predicted octanol–water partition coefficient (Wildman–Crippen LogP) is 1.90. The van der Waals surface area contributed by atoms with Gasteiger partial charge in [-0.25, -0.2) is 4.39 Å². The number of nitro groups is 1. The van der Waals surface area contributed by atoms with Gasteiger partial charge in [0.2, 0.25) is 0 Å². The van der Waals surface area contributed by atoms with Gasteiger partial charge in [-0.3, -0.25) is 14.9 Å². The van der Waals surface area contributed by atoms with Crippen molar-refractivity contribution in [3.63, 3.8) is 0 Å². The Hall–Kier alpha value is -2.02. The van der Waals surface area contributed by atoms with Crippen LogP contribution in [0.5, 0.6) is 0 Å². The van der Waals surface area contributed by atoms with E-state index in [2.05, 4.69) is 4.90 Å². The molecule has 1 aromatic rings. The Bertz CT molecular complexity index is 554. The Morgan fingerprint density at radius 1 is 1.38 bits per heavy atom. The molecule has 0 aliphatic carbocycles. The zero-order valence-corrected chi connectivity index (χ0v) is 12.1. The highest BCUT2D eigenvalue weighted by Crippen LogP contribution is 2.23. The lowest BCUT2D eigenvalue weighted by atomic mass is 10.0. The van der Waals surface area contributed by atoms with Crippen molar-refractivity contribution in [3.05, 3.63) is 39.7 Å². The van der Waals surface area contributed by atoms with Crippen LogP contribution < -0.4 is 0 Å². The summed E-state index contributed by atoms with van der Waals surface area (Å²) in [5.41, 5.74) is -0.528. The van der Waals surface area contributed by atoms with Crippen molar-refractivity contribution in [2.75, 3.05) is 27.2 Å². The summed E-state index contributed by atoms with van der Waals surface area (Å²) in [6.45, 7) is 1.05. The summed E-state index contributed by atoms with van der Waals surface area (Å²) in [6.07, 6.45) is 1.61. The number of amides is 1. The number of carbonyl (C=O) groups is 1. The van der Waals surface area contributed by atoms with Gasteiger partial charge in [-0.05, 0) is 39.1 Å². The van der Waals surface area contributed by atoms with Crippen LogP contribution in [0.4, 0.5) is 10.1 Å². The second-order valence-electron chi connectivity index (χ2n) is 5.41. The van der Waals surface area contributed by atoms with Gasteiger partial charge < -0.3 is 9.80 Å². The van der Waals surface area contributed by atoms with E-state index >= 15 is 0 Å². The Morgan fingerprint density at radius 2 is 2.00 bits per heavy atom. The molecule has 7 heteroatoms. The molecule has 0 spiro atoms. The number of benzene rings is 1. The van der Waals surface area contributed by atoms with Gasteiger partial charge in [-0.15, -0.1) is 0 Å². The highest BCUT2D eigenvalue weighted by atomic mass is 19.1. The van der Waals surface area contributed by atoms with Gasteiger partial charge in [0.15, 0.2) is 0 Å². The zero-order chi connectivity index (χ0) is 15.6. The number of hydrogen-bond donors (Lipinski definition) is 0. The minimum atomic E-state index is -0.654. The lowest BCUT2D eigenvalue weighted by molar-refractivity contribution is -0.385. The highest BCUT2D eigenvalue weighted by Gasteiger charge is 2.29. The Morgan fingerprint density at radius 3 is 2.52 bits per heavy atom. The van der Waals surface area contributed by atoms with Crippen molar-refractivity contribution >= 4 is 11.6 Å². The van der Waals surface area contributed by atoms with Crippen molar-refractivity contribution in [2.45, 2.75) is 18.9 Å². The van der Waals surface area contributed by atoms with Gasteiger partial charge in [-0.2, -0.15) is 0 Å². The van der Waals surface area contributed by atoms with Gasteiger partial charge in [0.25, 0.3) is 11.6 Å². The predicted molar refractivity (Wildman–Crippen MR) is 75.7 cm³/mol. The molecule has 1 aromatic carbocycles. The van der Waals surface area contributed by atoms with Crippen molar-refractivity contribution in [3.8, 4) is 0 Å². The number of nitrogens with zero attached hydrogens (tertiary/aromatic N) is 3. The van der Waals surface area contributed by atoms with Crippen molar-refractivity contribution in [1.82, 2.24) is 9.80 Å². The molecule has 0 N–H and O–H groups in total. The molecule has 1 saturated heterocycles. The van der Waals surface area contributed by atoms with E-state index in [1.54, 1.807) is 4.90 Å². The van der Waals surface area contributed by atoms with E-state index in [1.807, 2.05) is 14.1 Å². The molecule has 0 radical (unpaired) electrons. The number of halogens is 1. The fourth-order valence-electron chi connectivity index (χ4n) is 2.59. The standard InChI is InChI=1S/C14H18FN3O3/c1-16(2)11-5-7-17(8-6-11)14(19)12-9-10(15)3-4-13(12)18(20)21/h3-4,9,11H,5-8H2,1-2H3. The molecule has 21 heavy (non-hydrogen) atoms. The van der Waals surface area contributed by atoms with E-state index < -0.39 is 16.6 Å². The van der Waals surface area contributed by atoms with Crippen molar-refractivity contribution in [2.24, 2.45) is 0 Å². The van der Waals surface area contributed by atoms with Crippen LogP contribution in [0.3, 0.4) is 0 Å².